The number of anilines is 3. The maximum Gasteiger partial charge on any atom is 0.422 e. The number of nitrogens with zero attached hydrogens (tertiary/aromatic N) is 3. The van der Waals surface area contributed by atoms with Gasteiger partial charge in [0.15, 0.2) is 6.61 Å². The van der Waals surface area contributed by atoms with Gasteiger partial charge in [-0.3, -0.25) is 14.4 Å². The van der Waals surface area contributed by atoms with E-state index in [1.165, 1.54) is 0 Å². The summed E-state index contributed by atoms with van der Waals surface area (Å²) in [6.45, 7) is 6.63. The Hall–Kier alpha value is -5.24. The minimum absolute atomic E-state index is 0.00438. The quantitative estimate of drug-likeness (QED) is 0.0879. The van der Waals surface area contributed by atoms with Crippen molar-refractivity contribution in [2.75, 3.05) is 30.3 Å². The zero-order valence-corrected chi connectivity index (χ0v) is 30.5. The third-order valence-corrected chi connectivity index (χ3v) is 8.85. The molecule has 0 spiro atoms. The Morgan fingerprint density at radius 1 is 0.849 bits per heavy atom. The molecule has 11 nitrogen and oxygen atoms in total. The second-order valence-electron chi connectivity index (χ2n) is 14.1. The smallest absolute Gasteiger partial charge is 0.422 e. The molecular weight excluding hydrogens is 711 g/mol. The van der Waals surface area contributed by atoms with E-state index in [4.69, 9.17) is 16.3 Å². The highest BCUT2D eigenvalue weighted by Crippen LogP contribution is 2.48. The van der Waals surface area contributed by atoms with E-state index in [1.54, 1.807) is 36.4 Å². The Kier molecular flexibility index (Phi) is 11.9. The minimum atomic E-state index is -4.60. The van der Waals surface area contributed by atoms with Crippen LogP contribution in [0.15, 0.2) is 72.8 Å². The first kappa shape index (κ1) is 39.0. The second-order valence-corrected chi connectivity index (χ2v) is 14.5. The molecule has 53 heavy (non-hydrogen) atoms. The lowest BCUT2D eigenvalue weighted by Crippen LogP contribution is -2.44. The van der Waals surface area contributed by atoms with Gasteiger partial charge < -0.3 is 26.0 Å². The molecular formula is C38H41ClF3N7O4. The number of amides is 2. The summed E-state index contributed by atoms with van der Waals surface area (Å²) in [5.74, 6) is -1.30. The van der Waals surface area contributed by atoms with Crippen molar-refractivity contribution in [3.63, 3.8) is 0 Å². The highest BCUT2D eigenvalue weighted by Gasteiger charge is 2.45. The number of carbonyl (C=O) groups is 3. The predicted molar refractivity (Wildman–Crippen MR) is 195 cm³/mol. The van der Waals surface area contributed by atoms with E-state index >= 15 is 0 Å². The van der Waals surface area contributed by atoms with Gasteiger partial charge in [0.25, 0.3) is 11.8 Å². The number of carbonyl (C=O) groups excluding carboxylic acids is 3. The normalized spacial score (nSPS) is 13.6. The number of hydrogen-bond acceptors (Lipinski definition) is 9. The van der Waals surface area contributed by atoms with Crippen LogP contribution in [0.3, 0.4) is 0 Å². The molecule has 15 heteroatoms. The van der Waals surface area contributed by atoms with Crippen LogP contribution in [0, 0.1) is 5.41 Å². The molecule has 3 aromatic carbocycles. The number of ketones is 1. The molecule has 0 radical (unpaired) electrons. The van der Waals surface area contributed by atoms with Crippen molar-refractivity contribution >= 4 is 46.8 Å². The van der Waals surface area contributed by atoms with Gasteiger partial charge in [-0.05, 0) is 77.3 Å². The number of rotatable bonds is 16. The van der Waals surface area contributed by atoms with Crippen LogP contribution in [0.25, 0.3) is 0 Å². The van der Waals surface area contributed by atoms with E-state index in [2.05, 4.69) is 50.1 Å². The lowest BCUT2D eigenvalue weighted by Gasteiger charge is -2.25. The fourth-order valence-electron chi connectivity index (χ4n) is 5.30. The highest BCUT2D eigenvalue weighted by atomic mass is 35.5. The monoisotopic (exact) mass is 751 g/mol. The van der Waals surface area contributed by atoms with Crippen molar-refractivity contribution in [2.24, 2.45) is 5.41 Å². The van der Waals surface area contributed by atoms with Crippen LogP contribution in [-0.2, 0) is 21.5 Å². The summed E-state index contributed by atoms with van der Waals surface area (Å²) >= 11 is 6.04. The van der Waals surface area contributed by atoms with Crippen molar-refractivity contribution < 1.29 is 32.3 Å². The van der Waals surface area contributed by atoms with Crippen molar-refractivity contribution in [1.82, 2.24) is 25.6 Å². The SMILES string of the molecule is CC(C)c1ccc(CC(=O)C(=O)NCC(C)(C)CNC(=O)c2ccc(Nc3nc(NC4(c5ccc(Cl)cc5)CC4)nc(OCC(F)(F)F)n3)cc2)cc1. The van der Waals surface area contributed by atoms with Gasteiger partial charge >= 0.3 is 12.2 Å². The van der Waals surface area contributed by atoms with Crippen LogP contribution in [0.5, 0.6) is 6.01 Å². The van der Waals surface area contributed by atoms with Crippen molar-refractivity contribution in [2.45, 2.75) is 64.6 Å². The lowest BCUT2D eigenvalue weighted by atomic mass is 9.93. The summed E-state index contributed by atoms with van der Waals surface area (Å²) in [6.07, 6.45) is -3.13. The maximum absolute atomic E-state index is 13.0. The minimum Gasteiger partial charge on any atom is -0.454 e. The molecule has 280 valence electrons. The highest BCUT2D eigenvalue weighted by molar-refractivity contribution is 6.36. The molecule has 4 N–H and O–H groups in total. The molecule has 0 aliphatic heterocycles. The summed E-state index contributed by atoms with van der Waals surface area (Å²) in [6, 6.07) is 20.6. The summed E-state index contributed by atoms with van der Waals surface area (Å²) in [7, 11) is 0. The van der Waals surface area contributed by atoms with Crippen LogP contribution in [0.1, 0.15) is 73.5 Å². The molecule has 5 rings (SSSR count). The molecule has 1 aliphatic carbocycles. The molecule has 1 aliphatic rings. The van der Waals surface area contributed by atoms with E-state index < -0.39 is 41.4 Å². The summed E-state index contributed by atoms with van der Waals surface area (Å²) in [4.78, 5) is 50.4. The third-order valence-electron chi connectivity index (χ3n) is 8.60. The fourth-order valence-corrected chi connectivity index (χ4v) is 5.42. The van der Waals surface area contributed by atoms with Gasteiger partial charge in [-0.15, -0.1) is 0 Å². The van der Waals surface area contributed by atoms with E-state index in [9.17, 15) is 27.6 Å². The number of ether oxygens (including phenoxy) is 1. The number of halogens is 4. The summed E-state index contributed by atoms with van der Waals surface area (Å²) in [5, 5.41) is 12.2. The zero-order chi connectivity index (χ0) is 38.4. The topological polar surface area (TPSA) is 147 Å². The zero-order valence-electron chi connectivity index (χ0n) is 29.7. The molecule has 2 amide bonds. The molecule has 1 fully saturated rings. The van der Waals surface area contributed by atoms with Crippen LogP contribution in [-0.4, -0.2) is 58.4 Å². The largest absolute Gasteiger partial charge is 0.454 e. The molecule has 0 saturated heterocycles. The molecule has 0 bridgehead atoms. The van der Waals surface area contributed by atoms with Gasteiger partial charge in [0, 0.05) is 35.8 Å². The second kappa shape index (κ2) is 16.2. The van der Waals surface area contributed by atoms with Crippen LogP contribution >= 0.6 is 11.6 Å². The molecule has 1 saturated carbocycles. The Balaban J connectivity index is 1.16. The van der Waals surface area contributed by atoms with Crippen molar-refractivity contribution in [1.29, 1.82) is 0 Å². The molecule has 4 aromatic rings. The average Bonchev–Trinajstić information content (AvgIpc) is 3.89. The van der Waals surface area contributed by atoms with Crippen LogP contribution in [0.4, 0.5) is 30.8 Å². The van der Waals surface area contributed by atoms with Gasteiger partial charge in [-0.2, -0.15) is 28.1 Å². The standard InChI is InChI=1S/C38H41ClF3N7O4/c1-23(2)25-7-5-24(6-8-25)19-30(50)32(52)44-21-36(3,4)20-43-31(51)26-9-15-29(16-10-26)45-33-46-34(48-35(47-33)53-22-38(40,41)42)49-37(17-18-37)27-11-13-28(39)14-12-27/h5-16,23H,17-22H2,1-4H3,(H,43,51)(H,44,52)(H2,45,46,47,48,49). The summed E-state index contributed by atoms with van der Waals surface area (Å²) < 4.78 is 43.7. The van der Waals surface area contributed by atoms with E-state index in [0.29, 0.717) is 22.2 Å². The Labute approximate surface area is 310 Å². The van der Waals surface area contributed by atoms with E-state index in [1.807, 2.05) is 50.2 Å². The molecule has 1 aromatic heterocycles. The Morgan fingerprint density at radius 2 is 1.47 bits per heavy atom. The number of nitrogens with one attached hydrogen (secondary N) is 4. The van der Waals surface area contributed by atoms with Gasteiger partial charge in [0.1, 0.15) is 0 Å². The van der Waals surface area contributed by atoms with Gasteiger partial charge in [-0.1, -0.05) is 75.7 Å². The number of hydrogen-bond donors (Lipinski definition) is 4. The number of Topliss-reactive ketones (excluding diaryl/α,β-unsaturated/α-hetero) is 1. The predicted octanol–water partition coefficient (Wildman–Crippen LogP) is 7.12. The van der Waals surface area contributed by atoms with Gasteiger partial charge in [-0.25, -0.2) is 0 Å². The fraction of sp³-hybridized carbons (Fsp3) is 0.368. The number of benzene rings is 3. The number of aromatic nitrogens is 3. The van der Waals surface area contributed by atoms with E-state index in [0.717, 1.165) is 29.5 Å². The first-order valence-electron chi connectivity index (χ1n) is 17.0. The molecule has 0 atom stereocenters. The average molecular weight is 752 g/mol. The lowest BCUT2D eigenvalue weighted by molar-refractivity contribution is -0.154. The van der Waals surface area contributed by atoms with Gasteiger partial charge in [0.2, 0.25) is 17.7 Å². The summed E-state index contributed by atoms with van der Waals surface area (Å²) in [5.41, 5.74) is 2.52. The third kappa shape index (κ3) is 11.4. The molecule has 0 unspecified atom stereocenters. The Morgan fingerprint density at radius 3 is 2.08 bits per heavy atom. The van der Waals surface area contributed by atoms with Crippen LogP contribution in [0.2, 0.25) is 5.02 Å². The first-order valence-corrected chi connectivity index (χ1v) is 17.4. The first-order chi connectivity index (χ1) is 25.0. The maximum atomic E-state index is 13.0. The Bertz CT molecular complexity index is 1920. The van der Waals surface area contributed by atoms with Crippen molar-refractivity contribution in [3.05, 3.63) is 100 Å². The van der Waals surface area contributed by atoms with Gasteiger partial charge in [0.05, 0.1) is 5.54 Å². The van der Waals surface area contributed by atoms with Crippen LogP contribution < -0.4 is 26.0 Å². The molecule has 1 heterocycles. The number of alkyl halides is 3. The van der Waals surface area contributed by atoms with E-state index in [-0.39, 0.29) is 37.3 Å². The van der Waals surface area contributed by atoms with Crippen molar-refractivity contribution in [3.8, 4) is 6.01 Å².